The third-order valence-electron chi connectivity index (χ3n) is 6.70. The molecule has 0 radical (unpaired) electrons. The van der Waals surface area contributed by atoms with Gasteiger partial charge in [0.25, 0.3) is 5.91 Å². The molecule has 2 aromatic carbocycles. The highest BCUT2D eigenvalue weighted by Crippen LogP contribution is 2.38. The number of rotatable bonds is 11. The summed E-state index contributed by atoms with van der Waals surface area (Å²) in [5.74, 6) is -0.00741. The summed E-state index contributed by atoms with van der Waals surface area (Å²) < 4.78 is 42.7. The molecule has 1 aromatic heterocycles. The molecule has 3 aromatic rings. The minimum absolute atomic E-state index is 0.0626. The third-order valence-corrected chi connectivity index (χ3v) is 8.53. The molecule has 5 rings (SSSR count). The maximum absolute atomic E-state index is 13.6. The van der Waals surface area contributed by atoms with Crippen LogP contribution in [0, 0.1) is 5.92 Å². The van der Waals surface area contributed by atoms with Crippen LogP contribution in [0.4, 0.5) is 8.78 Å². The van der Waals surface area contributed by atoms with Gasteiger partial charge in [-0.1, -0.05) is 47.5 Å². The average molecular weight is 624 g/mol. The number of esters is 1. The van der Waals surface area contributed by atoms with Gasteiger partial charge in [-0.25, -0.2) is 4.79 Å². The average Bonchev–Trinajstić information content (AvgIpc) is 3.66. The van der Waals surface area contributed by atoms with Crippen LogP contribution in [0.15, 0.2) is 60.9 Å². The molecular formula is C29H26Cl2F2N2O5S. The highest BCUT2D eigenvalue weighted by atomic mass is 35.5. The lowest BCUT2D eigenvalue weighted by Crippen LogP contribution is -2.40. The summed E-state index contributed by atoms with van der Waals surface area (Å²) in [4.78, 5) is 32.2. The Morgan fingerprint density at radius 3 is 2.46 bits per heavy atom. The summed E-state index contributed by atoms with van der Waals surface area (Å²) >= 11 is 14.1. The number of pyridine rings is 1. The minimum atomic E-state index is -3.04. The van der Waals surface area contributed by atoms with Gasteiger partial charge in [0.1, 0.15) is 6.10 Å². The van der Waals surface area contributed by atoms with Gasteiger partial charge >= 0.3 is 12.6 Å². The molecule has 0 spiro atoms. The topological polar surface area (TPSA) is 78.0 Å². The Morgan fingerprint density at radius 2 is 1.78 bits per heavy atom. The Hall–Kier alpha value is -3.08. The summed E-state index contributed by atoms with van der Waals surface area (Å²) in [5.41, 5.74) is 1.41. The first-order valence-corrected chi connectivity index (χ1v) is 14.8. The van der Waals surface area contributed by atoms with Gasteiger partial charge in [-0.2, -0.15) is 8.78 Å². The van der Waals surface area contributed by atoms with E-state index in [2.05, 4.69) is 9.72 Å². The summed E-state index contributed by atoms with van der Waals surface area (Å²) in [6.07, 6.45) is 3.98. The molecule has 7 nitrogen and oxygen atoms in total. The van der Waals surface area contributed by atoms with Crippen LogP contribution in [-0.4, -0.2) is 52.7 Å². The predicted molar refractivity (Wildman–Crippen MR) is 152 cm³/mol. The van der Waals surface area contributed by atoms with Crippen molar-refractivity contribution in [2.24, 2.45) is 5.92 Å². The van der Waals surface area contributed by atoms with Gasteiger partial charge in [-0.3, -0.25) is 9.78 Å². The van der Waals surface area contributed by atoms with E-state index in [1.807, 2.05) is 6.07 Å². The molecular weight excluding hydrogens is 597 g/mol. The van der Waals surface area contributed by atoms with E-state index in [0.717, 1.165) is 12.8 Å². The van der Waals surface area contributed by atoms with Crippen LogP contribution in [0.25, 0.3) is 0 Å². The lowest BCUT2D eigenvalue weighted by atomic mass is 10.0. The molecule has 2 unspecified atom stereocenters. The Balaban J connectivity index is 1.44. The number of carbonyl (C=O) groups is 2. The fourth-order valence-electron chi connectivity index (χ4n) is 4.39. The van der Waals surface area contributed by atoms with E-state index in [4.69, 9.17) is 32.7 Å². The summed E-state index contributed by atoms with van der Waals surface area (Å²) in [6, 6.07) is 13.1. The van der Waals surface area contributed by atoms with Crippen LogP contribution in [0.5, 0.6) is 11.5 Å². The van der Waals surface area contributed by atoms with E-state index < -0.39 is 24.1 Å². The van der Waals surface area contributed by atoms with E-state index in [-0.39, 0.29) is 33.9 Å². The van der Waals surface area contributed by atoms with Crippen LogP contribution < -0.4 is 9.47 Å². The fraction of sp³-hybridized carbons (Fsp3) is 0.345. The molecule has 0 N–H and O–H groups in total. The molecule has 0 bridgehead atoms. The van der Waals surface area contributed by atoms with Gasteiger partial charge in [0, 0.05) is 36.7 Å². The zero-order chi connectivity index (χ0) is 28.9. The Bertz CT molecular complexity index is 1380. The highest BCUT2D eigenvalue weighted by Gasteiger charge is 2.38. The number of carbonyl (C=O) groups excluding carboxylic acids is 2. The first-order valence-electron chi connectivity index (χ1n) is 13.0. The predicted octanol–water partition coefficient (Wildman–Crippen LogP) is 6.82. The second-order valence-corrected chi connectivity index (χ2v) is 11.6. The van der Waals surface area contributed by atoms with Crippen LogP contribution in [0.2, 0.25) is 10.0 Å². The van der Waals surface area contributed by atoms with Crippen molar-refractivity contribution in [2.75, 3.05) is 18.9 Å². The van der Waals surface area contributed by atoms with Gasteiger partial charge in [0.2, 0.25) is 0 Å². The normalized spacial score (nSPS) is 17.4. The van der Waals surface area contributed by atoms with Crippen molar-refractivity contribution < 1.29 is 32.6 Å². The Morgan fingerprint density at radius 1 is 1.05 bits per heavy atom. The van der Waals surface area contributed by atoms with Crippen LogP contribution >= 0.6 is 35.0 Å². The molecule has 1 saturated heterocycles. The summed E-state index contributed by atoms with van der Waals surface area (Å²) in [5, 5.41) is -0.323. The number of benzene rings is 2. The lowest BCUT2D eigenvalue weighted by molar-refractivity contribution is -0.151. The smallest absolute Gasteiger partial charge is 0.387 e. The number of halogens is 4. The molecule has 1 saturated carbocycles. The summed E-state index contributed by atoms with van der Waals surface area (Å²) in [7, 11) is 0. The van der Waals surface area contributed by atoms with Gasteiger partial charge < -0.3 is 19.1 Å². The molecule has 216 valence electrons. The molecule has 2 atom stereocenters. The largest absolute Gasteiger partial charge is 0.489 e. The van der Waals surface area contributed by atoms with E-state index >= 15 is 0 Å². The van der Waals surface area contributed by atoms with Crippen molar-refractivity contribution >= 4 is 46.8 Å². The zero-order valence-corrected chi connectivity index (χ0v) is 24.0. The molecule has 1 aliphatic carbocycles. The van der Waals surface area contributed by atoms with Crippen molar-refractivity contribution in [3.8, 4) is 11.5 Å². The SMILES string of the molecule is O=C(OC(Cc1c(Cl)cncc1Cl)c1ccc(OC(F)F)c(OCC2CC2)c1)C1SCCN1C(=O)c1ccccc1. The van der Waals surface area contributed by atoms with Gasteiger partial charge in [-0.05, 0) is 54.2 Å². The van der Waals surface area contributed by atoms with E-state index in [1.54, 1.807) is 24.3 Å². The van der Waals surface area contributed by atoms with Crippen molar-refractivity contribution in [3.05, 3.63) is 87.7 Å². The number of hydrogen-bond donors (Lipinski definition) is 0. The number of nitrogens with zero attached hydrogens (tertiary/aromatic N) is 2. The lowest BCUT2D eigenvalue weighted by Gasteiger charge is -2.26. The van der Waals surface area contributed by atoms with Crippen LogP contribution in [0.3, 0.4) is 0 Å². The monoisotopic (exact) mass is 622 g/mol. The van der Waals surface area contributed by atoms with Crippen molar-refractivity contribution in [1.29, 1.82) is 0 Å². The van der Waals surface area contributed by atoms with Crippen LogP contribution in [-0.2, 0) is 16.0 Å². The van der Waals surface area contributed by atoms with E-state index in [1.165, 1.54) is 47.3 Å². The maximum Gasteiger partial charge on any atom is 0.387 e. The number of aromatic nitrogens is 1. The number of hydrogen-bond acceptors (Lipinski definition) is 7. The first-order chi connectivity index (χ1) is 19.8. The van der Waals surface area contributed by atoms with Gasteiger partial charge in [0.05, 0.1) is 16.7 Å². The molecule has 41 heavy (non-hydrogen) atoms. The molecule has 1 aliphatic heterocycles. The number of amides is 1. The van der Waals surface area contributed by atoms with Gasteiger partial charge in [-0.15, -0.1) is 11.8 Å². The fourth-order valence-corrected chi connectivity index (χ4v) is 6.00. The molecule has 12 heteroatoms. The van der Waals surface area contributed by atoms with Crippen molar-refractivity contribution in [3.63, 3.8) is 0 Å². The highest BCUT2D eigenvalue weighted by molar-refractivity contribution is 8.00. The van der Waals surface area contributed by atoms with Crippen molar-refractivity contribution in [2.45, 2.75) is 37.4 Å². The second kappa shape index (κ2) is 13.3. The minimum Gasteiger partial charge on any atom is -0.489 e. The van der Waals surface area contributed by atoms with Crippen LogP contribution in [0.1, 0.15) is 40.4 Å². The van der Waals surface area contributed by atoms with Gasteiger partial charge in [0.15, 0.2) is 16.9 Å². The molecule has 2 aliphatic rings. The maximum atomic E-state index is 13.6. The Labute approximate surface area is 250 Å². The Kier molecular flexibility index (Phi) is 9.52. The van der Waals surface area contributed by atoms with E-state index in [0.29, 0.717) is 41.5 Å². The molecule has 1 amide bonds. The zero-order valence-electron chi connectivity index (χ0n) is 21.7. The number of thioether (sulfide) groups is 1. The number of ether oxygens (including phenoxy) is 3. The number of alkyl halides is 2. The molecule has 2 heterocycles. The summed E-state index contributed by atoms with van der Waals surface area (Å²) in [6.45, 7) is -2.31. The quantitative estimate of drug-likeness (QED) is 0.217. The second-order valence-electron chi connectivity index (χ2n) is 9.64. The van der Waals surface area contributed by atoms with E-state index in [9.17, 15) is 18.4 Å². The van der Waals surface area contributed by atoms with Crippen molar-refractivity contribution in [1.82, 2.24) is 9.88 Å². The first kappa shape index (κ1) is 29.4. The molecule has 2 fully saturated rings. The third kappa shape index (κ3) is 7.42. The standard InChI is InChI=1S/C29H26Cl2F2N2O5S/c30-21-14-34-15-22(31)20(21)13-24(19-8-9-23(40-29(32)33)25(12-19)38-16-17-6-7-17)39-28(37)27-35(10-11-41-27)26(36)18-4-2-1-3-5-18/h1-5,8-9,12,14-15,17,24,27,29H,6-7,10-11,13,16H2.